The number of aromatic nitrogens is 6. The normalized spacial score (nSPS) is 18.6. The SMILES string of the molecule is COc1nccc(-c2cc3cnc(NC(=O)c4cnn([C@H]5CC[C@H](O)CC5)c4)cc3[nH]2)n1. The van der Waals surface area contributed by atoms with Crippen molar-refractivity contribution < 1.29 is 14.6 Å². The van der Waals surface area contributed by atoms with Gasteiger partial charge in [0.2, 0.25) is 0 Å². The first-order chi connectivity index (χ1) is 15.6. The molecule has 10 heteroatoms. The number of anilines is 1. The highest BCUT2D eigenvalue weighted by Gasteiger charge is 2.22. The molecular formula is C22H23N7O3. The summed E-state index contributed by atoms with van der Waals surface area (Å²) in [7, 11) is 1.52. The van der Waals surface area contributed by atoms with E-state index in [0.29, 0.717) is 17.1 Å². The Morgan fingerprint density at radius 2 is 2.06 bits per heavy atom. The molecule has 3 N–H and O–H groups in total. The van der Waals surface area contributed by atoms with E-state index in [0.717, 1.165) is 42.3 Å². The van der Waals surface area contributed by atoms with Gasteiger partial charge in [-0.1, -0.05) is 0 Å². The molecule has 32 heavy (non-hydrogen) atoms. The molecule has 0 saturated heterocycles. The number of carbonyl (C=O) groups excluding carboxylic acids is 1. The molecule has 0 spiro atoms. The number of aliphatic hydroxyl groups is 1. The van der Waals surface area contributed by atoms with Crippen LogP contribution in [-0.4, -0.2) is 53.9 Å². The van der Waals surface area contributed by atoms with Crippen molar-refractivity contribution in [3.8, 4) is 17.4 Å². The number of H-pyrrole nitrogens is 1. The lowest BCUT2D eigenvalue weighted by Gasteiger charge is -2.25. The van der Waals surface area contributed by atoms with Crippen LogP contribution >= 0.6 is 0 Å². The molecule has 0 atom stereocenters. The maximum Gasteiger partial charge on any atom is 0.316 e. The van der Waals surface area contributed by atoms with Crippen molar-refractivity contribution in [3.05, 3.63) is 48.5 Å². The van der Waals surface area contributed by atoms with Crippen LogP contribution < -0.4 is 10.1 Å². The standard InChI is InChI=1S/C22H23N7O3/c1-32-22-23-7-6-17(27-22)19-8-13-10-24-20(9-18(13)26-19)28-21(31)14-11-25-29(12-14)15-2-4-16(30)5-3-15/h6-12,15-16,26,30H,2-5H2,1H3,(H,24,28,31)/t15-,16-. The molecule has 164 valence electrons. The average Bonchev–Trinajstić information content (AvgIpc) is 3.47. The Morgan fingerprint density at radius 3 is 2.88 bits per heavy atom. The number of hydrogen-bond acceptors (Lipinski definition) is 7. The molecule has 4 aromatic heterocycles. The smallest absolute Gasteiger partial charge is 0.316 e. The Labute approximate surface area is 183 Å². The van der Waals surface area contributed by atoms with E-state index in [4.69, 9.17) is 4.74 Å². The third-order valence-corrected chi connectivity index (χ3v) is 5.74. The van der Waals surface area contributed by atoms with Crippen LogP contribution in [0.3, 0.4) is 0 Å². The second-order valence-electron chi connectivity index (χ2n) is 7.89. The van der Waals surface area contributed by atoms with Crippen LogP contribution in [0.5, 0.6) is 6.01 Å². The minimum Gasteiger partial charge on any atom is -0.467 e. The van der Waals surface area contributed by atoms with Gasteiger partial charge in [0, 0.05) is 30.0 Å². The van der Waals surface area contributed by atoms with Crippen molar-refractivity contribution in [2.45, 2.75) is 37.8 Å². The number of hydrogen-bond donors (Lipinski definition) is 3. The maximum atomic E-state index is 12.7. The van der Waals surface area contributed by atoms with Crippen molar-refractivity contribution >= 4 is 22.6 Å². The summed E-state index contributed by atoms with van der Waals surface area (Å²) in [5.41, 5.74) is 2.78. The highest BCUT2D eigenvalue weighted by atomic mass is 16.5. The van der Waals surface area contributed by atoms with Gasteiger partial charge in [-0.2, -0.15) is 10.1 Å². The third-order valence-electron chi connectivity index (χ3n) is 5.74. The van der Waals surface area contributed by atoms with E-state index in [-0.39, 0.29) is 24.1 Å². The lowest BCUT2D eigenvalue weighted by molar-refractivity contribution is 0.102. The maximum absolute atomic E-state index is 12.7. The van der Waals surface area contributed by atoms with E-state index in [1.165, 1.54) is 7.11 Å². The van der Waals surface area contributed by atoms with E-state index in [1.54, 1.807) is 36.9 Å². The number of methoxy groups -OCH3 is 1. The number of carbonyl (C=O) groups is 1. The van der Waals surface area contributed by atoms with Crippen LogP contribution in [0.4, 0.5) is 5.82 Å². The van der Waals surface area contributed by atoms with Crippen molar-refractivity contribution in [1.82, 2.24) is 29.7 Å². The summed E-state index contributed by atoms with van der Waals surface area (Å²) in [5.74, 6) is 0.163. The number of ether oxygens (including phenoxy) is 1. The predicted molar refractivity (Wildman–Crippen MR) is 117 cm³/mol. The topological polar surface area (TPSA) is 131 Å². The Bertz CT molecular complexity index is 1260. The zero-order valence-electron chi connectivity index (χ0n) is 17.5. The fraction of sp³-hybridized carbons (Fsp3) is 0.318. The van der Waals surface area contributed by atoms with Crippen molar-refractivity contribution in [2.75, 3.05) is 12.4 Å². The van der Waals surface area contributed by atoms with Crippen LogP contribution in [0.15, 0.2) is 43.0 Å². The Balaban J connectivity index is 1.31. The molecule has 4 heterocycles. The number of aliphatic hydroxyl groups excluding tert-OH is 1. The summed E-state index contributed by atoms with van der Waals surface area (Å²) >= 11 is 0. The minimum atomic E-state index is -0.272. The molecule has 1 amide bonds. The molecule has 1 fully saturated rings. The summed E-state index contributed by atoms with van der Waals surface area (Å²) in [6.07, 6.45) is 9.65. The van der Waals surface area contributed by atoms with Crippen LogP contribution in [-0.2, 0) is 0 Å². The Hall–Kier alpha value is -3.79. The van der Waals surface area contributed by atoms with Gasteiger partial charge in [-0.05, 0) is 37.8 Å². The summed E-state index contributed by atoms with van der Waals surface area (Å²) in [6.45, 7) is 0. The zero-order chi connectivity index (χ0) is 22.1. The quantitative estimate of drug-likeness (QED) is 0.441. The van der Waals surface area contributed by atoms with E-state index < -0.39 is 0 Å². The number of amides is 1. The van der Waals surface area contributed by atoms with Gasteiger partial charge in [0.25, 0.3) is 5.91 Å². The summed E-state index contributed by atoms with van der Waals surface area (Å²) in [5, 5.41) is 17.8. The molecular weight excluding hydrogens is 410 g/mol. The monoisotopic (exact) mass is 433 g/mol. The van der Waals surface area contributed by atoms with E-state index in [9.17, 15) is 9.90 Å². The number of pyridine rings is 1. The number of fused-ring (bicyclic) bond motifs is 1. The van der Waals surface area contributed by atoms with Crippen molar-refractivity contribution in [1.29, 1.82) is 0 Å². The Kier molecular flexibility index (Phi) is 5.28. The van der Waals surface area contributed by atoms with E-state index >= 15 is 0 Å². The molecule has 1 aliphatic rings. The molecule has 5 rings (SSSR count). The van der Waals surface area contributed by atoms with Crippen molar-refractivity contribution in [3.63, 3.8) is 0 Å². The van der Waals surface area contributed by atoms with Gasteiger partial charge in [0.05, 0.1) is 47.9 Å². The lowest BCUT2D eigenvalue weighted by Crippen LogP contribution is -2.21. The second kappa shape index (κ2) is 8.39. The molecule has 0 unspecified atom stereocenters. The third kappa shape index (κ3) is 4.04. The van der Waals surface area contributed by atoms with Crippen LogP contribution in [0, 0.1) is 0 Å². The molecule has 1 aliphatic carbocycles. The number of nitrogens with one attached hydrogen (secondary N) is 2. The fourth-order valence-corrected chi connectivity index (χ4v) is 3.99. The fourth-order valence-electron chi connectivity index (χ4n) is 3.99. The first kappa shape index (κ1) is 20.1. The summed E-state index contributed by atoms with van der Waals surface area (Å²) in [6, 6.07) is 6.00. The Morgan fingerprint density at radius 1 is 1.22 bits per heavy atom. The summed E-state index contributed by atoms with van der Waals surface area (Å²) in [4.78, 5) is 28.7. The van der Waals surface area contributed by atoms with Gasteiger partial charge in [-0.25, -0.2) is 9.97 Å². The lowest BCUT2D eigenvalue weighted by atomic mass is 9.93. The minimum absolute atomic E-state index is 0.215. The van der Waals surface area contributed by atoms with Crippen molar-refractivity contribution in [2.24, 2.45) is 0 Å². The molecule has 4 aromatic rings. The molecule has 0 bridgehead atoms. The largest absolute Gasteiger partial charge is 0.467 e. The molecule has 0 aliphatic heterocycles. The number of nitrogens with zero attached hydrogens (tertiary/aromatic N) is 5. The van der Waals surface area contributed by atoms with Gasteiger partial charge >= 0.3 is 6.01 Å². The van der Waals surface area contributed by atoms with Gasteiger partial charge in [0.1, 0.15) is 5.82 Å². The number of rotatable bonds is 5. The molecule has 0 aromatic carbocycles. The molecule has 1 saturated carbocycles. The van der Waals surface area contributed by atoms with Gasteiger partial charge in [-0.15, -0.1) is 0 Å². The first-order valence-electron chi connectivity index (χ1n) is 10.5. The zero-order valence-corrected chi connectivity index (χ0v) is 17.5. The van der Waals surface area contributed by atoms with Gasteiger partial charge in [-0.3, -0.25) is 9.48 Å². The second-order valence-corrected chi connectivity index (χ2v) is 7.89. The molecule has 0 radical (unpaired) electrons. The van der Waals surface area contributed by atoms with Crippen LogP contribution in [0.25, 0.3) is 22.3 Å². The van der Waals surface area contributed by atoms with Gasteiger partial charge in [0.15, 0.2) is 0 Å². The number of aromatic amines is 1. The molecule has 10 nitrogen and oxygen atoms in total. The summed E-state index contributed by atoms with van der Waals surface area (Å²) < 4.78 is 6.91. The van der Waals surface area contributed by atoms with Crippen LogP contribution in [0.2, 0.25) is 0 Å². The average molecular weight is 433 g/mol. The predicted octanol–water partition coefficient (Wildman–Crippen LogP) is 2.95. The highest BCUT2D eigenvalue weighted by molar-refractivity contribution is 6.04. The highest BCUT2D eigenvalue weighted by Crippen LogP contribution is 2.28. The van der Waals surface area contributed by atoms with Gasteiger partial charge < -0.3 is 20.1 Å². The van der Waals surface area contributed by atoms with E-state index in [2.05, 4.69) is 30.4 Å². The van der Waals surface area contributed by atoms with Crippen LogP contribution in [0.1, 0.15) is 42.1 Å². The first-order valence-corrected chi connectivity index (χ1v) is 10.5. The van der Waals surface area contributed by atoms with E-state index in [1.807, 2.05) is 10.7 Å².